The monoisotopic (exact) mass is 597 g/mol. The fourth-order valence-corrected chi connectivity index (χ4v) is 5.94. The summed E-state index contributed by atoms with van der Waals surface area (Å²) in [6.45, 7) is 7.90. The molecule has 0 bridgehead atoms. The molecule has 1 N–H and O–H groups in total. The normalized spacial score (nSPS) is 12.2. The van der Waals surface area contributed by atoms with E-state index in [0.29, 0.717) is 22.7 Å². The lowest BCUT2D eigenvalue weighted by atomic mass is 10.0. The molecule has 0 radical (unpaired) electrons. The summed E-state index contributed by atoms with van der Waals surface area (Å²) in [5.41, 5.74) is 4.05. The van der Waals surface area contributed by atoms with Crippen LogP contribution in [0.15, 0.2) is 72.8 Å². The fraction of sp³-hybridized carbons (Fsp3) is 0.375. The number of rotatable bonds is 13. The standard InChI is InChI=1S/C32H40ClN3O4S/c1-23(2)34-32(38)30(21-26-14-7-6-8-15-26)35(22-27-16-10-9-13-24(27)3)31(37)19-12-20-36(41(5,39)40)29-18-11-17-28(33)25(29)4/h6-11,13-18,23,30H,12,19-22H2,1-5H3,(H,34,38). The number of hydrogen-bond acceptors (Lipinski definition) is 4. The maximum absolute atomic E-state index is 13.9. The van der Waals surface area contributed by atoms with Gasteiger partial charge in [0.2, 0.25) is 21.8 Å². The van der Waals surface area contributed by atoms with Crippen LogP contribution in [0.1, 0.15) is 48.9 Å². The molecule has 0 spiro atoms. The van der Waals surface area contributed by atoms with E-state index in [1.165, 1.54) is 4.31 Å². The van der Waals surface area contributed by atoms with Crippen molar-refractivity contribution in [1.82, 2.24) is 10.2 Å². The molecule has 0 heterocycles. The molecule has 3 aromatic carbocycles. The molecule has 0 aliphatic heterocycles. The van der Waals surface area contributed by atoms with E-state index in [9.17, 15) is 18.0 Å². The van der Waals surface area contributed by atoms with E-state index in [1.807, 2.05) is 75.4 Å². The van der Waals surface area contributed by atoms with Gasteiger partial charge in [0.25, 0.3) is 0 Å². The molecule has 41 heavy (non-hydrogen) atoms. The van der Waals surface area contributed by atoms with Crippen molar-refractivity contribution in [3.05, 3.63) is 100 Å². The van der Waals surface area contributed by atoms with Gasteiger partial charge in [-0.3, -0.25) is 13.9 Å². The quantitative estimate of drug-likeness (QED) is 0.275. The van der Waals surface area contributed by atoms with Gasteiger partial charge in [-0.1, -0.05) is 72.3 Å². The Labute approximate surface area is 249 Å². The first-order valence-corrected chi connectivity index (χ1v) is 16.0. The Hall–Kier alpha value is -3.36. The topological polar surface area (TPSA) is 86.8 Å². The lowest BCUT2D eigenvalue weighted by Crippen LogP contribution is -2.52. The van der Waals surface area contributed by atoms with Crippen LogP contribution in [-0.2, 0) is 32.6 Å². The maximum atomic E-state index is 13.9. The van der Waals surface area contributed by atoms with Crippen LogP contribution >= 0.6 is 11.6 Å². The SMILES string of the molecule is Cc1ccccc1CN(C(=O)CCCN(c1cccc(Cl)c1C)S(C)(=O)=O)C(Cc1ccccc1)C(=O)NC(C)C. The van der Waals surface area contributed by atoms with Crippen molar-refractivity contribution in [2.24, 2.45) is 0 Å². The predicted molar refractivity (Wildman–Crippen MR) is 167 cm³/mol. The molecule has 0 aliphatic rings. The van der Waals surface area contributed by atoms with Gasteiger partial charge in [0.1, 0.15) is 6.04 Å². The van der Waals surface area contributed by atoms with Crippen LogP contribution in [0, 0.1) is 13.8 Å². The number of sulfonamides is 1. The summed E-state index contributed by atoms with van der Waals surface area (Å²) in [4.78, 5) is 29.1. The van der Waals surface area contributed by atoms with E-state index in [4.69, 9.17) is 11.6 Å². The molecule has 9 heteroatoms. The van der Waals surface area contributed by atoms with Crippen molar-refractivity contribution < 1.29 is 18.0 Å². The second-order valence-corrected chi connectivity index (χ2v) is 13.0. The molecule has 0 fully saturated rings. The number of benzene rings is 3. The Balaban J connectivity index is 1.91. The zero-order chi connectivity index (χ0) is 30.2. The molecule has 7 nitrogen and oxygen atoms in total. The number of nitrogens with one attached hydrogen (secondary N) is 1. The summed E-state index contributed by atoms with van der Waals surface area (Å²) in [5, 5.41) is 3.46. The maximum Gasteiger partial charge on any atom is 0.243 e. The molecule has 1 atom stereocenters. The third kappa shape index (κ3) is 9.07. The lowest BCUT2D eigenvalue weighted by Gasteiger charge is -2.33. The Kier molecular flexibility index (Phi) is 11.4. The molecule has 1 unspecified atom stereocenters. The Morgan fingerprint density at radius 2 is 1.59 bits per heavy atom. The van der Waals surface area contributed by atoms with Crippen molar-refractivity contribution >= 4 is 39.1 Å². The molecular weight excluding hydrogens is 558 g/mol. The van der Waals surface area contributed by atoms with Crippen molar-refractivity contribution in [1.29, 1.82) is 0 Å². The minimum absolute atomic E-state index is 0.0672. The van der Waals surface area contributed by atoms with Gasteiger partial charge < -0.3 is 10.2 Å². The summed E-state index contributed by atoms with van der Waals surface area (Å²) >= 11 is 6.27. The minimum atomic E-state index is -3.63. The smallest absolute Gasteiger partial charge is 0.243 e. The average Bonchev–Trinajstić information content (AvgIpc) is 2.91. The Morgan fingerprint density at radius 1 is 0.927 bits per heavy atom. The zero-order valence-electron chi connectivity index (χ0n) is 24.4. The van der Waals surface area contributed by atoms with E-state index in [1.54, 1.807) is 30.0 Å². The summed E-state index contributed by atoms with van der Waals surface area (Å²) < 4.78 is 26.7. The minimum Gasteiger partial charge on any atom is -0.352 e. The molecule has 0 aromatic heterocycles. The average molecular weight is 598 g/mol. The molecular formula is C32H40ClN3O4S. The summed E-state index contributed by atoms with van der Waals surface area (Å²) in [7, 11) is -3.63. The van der Waals surface area contributed by atoms with Gasteiger partial charge in [0.05, 0.1) is 11.9 Å². The molecule has 0 saturated heterocycles. The molecule has 3 rings (SSSR count). The number of carbonyl (C=O) groups is 2. The highest BCUT2D eigenvalue weighted by Gasteiger charge is 2.31. The number of amides is 2. The molecule has 3 aromatic rings. The fourth-order valence-electron chi connectivity index (χ4n) is 4.75. The number of carbonyl (C=O) groups excluding carboxylic acids is 2. The van der Waals surface area contributed by atoms with Crippen molar-refractivity contribution in [2.45, 2.75) is 65.6 Å². The Bertz CT molecular complexity index is 1440. The van der Waals surface area contributed by atoms with Gasteiger partial charge in [0.15, 0.2) is 0 Å². The van der Waals surface area contributed by atoms with Gasteiger partial charge in [0, 0.05) is 37.0 Å². The number of hydrogen-bond donors (Lipinski definition) is 1. The molecule has 0 aliphatic carbocycles. The highest BCUT2D eigenvalue weighted by atomic mass is 35.5. The molecule has 220 valence electrons. The third-order valence-electron chi connectivity index (χ3n) is 6.96. The zero-order valence-corrected chi connectivity index (χ0v) is 26.0. The van der Waals surface area contributed by atoms with Crippen LogP contribution in [0.4, 0.5) is 5.69 Å². The van der Waals surface area contributed by atoms with Crippen LogP contribution < -0.4 is 9.62 Å². The largest absolute Gasteiger partial charge is 0.352 e. The van der Waals surface area contributed by atoms with Crippen molar-refractivity contribution in [2.75, 3.05) is 17.1 Å². The second kappa shape index (κ2) is 14.5. The first-order valence-electron chi connectivity index (χ1n) is 13.8. The second-order valence-electron chi connectivity index (χ2n) is 10.6. The molecule has 0 saturated carbocycles. The van der Waals surface area contributed by atoms with Crippen LogP contribution in [0.3, 0.4) is 0 Å². The first kappa shape index (κ1) is 32.2. The van der Waals surface area contributed by atoms with E-state index in [-0.39, 0.29) is 43.8 Å². The number of halogens is 1. The number of anilines is 1. The van der Waals surface area contributed by atoms with Gasteiger partial charge in [-0.25, -0.2) is 8.42 Å². The van der Waals surface area contributed by atoms with Crippen LogP contribution in [0.2, 0.25) is 5.02 Å². The van der Waals surface area contributed by atoms with Gasteiger partial charge in [-0.2, -0.15) is 0 Å². The summed E-state index contributed by atoms with van der Waals surface area (Å²) in [5.74, 6) is -0.442. The Morgan fingerprint density at radius 3 is 2.22 bits per heavy atom. The highest BCUT2D eigenvalue weighted by Crippen LogP contribution is 2.28. The number of aryl methyl sites for hydroxylation is 1. The van der Waals surface area contributed by atoms with E-state index >= 15 is 0 Å². The van der Waals surface area contributed by atoms with Gasteiger partial charge in [-0.15, -0.1) is 0 Å². The predicted octanol–water partition coefficient (Wildman–Crippen LogP) is 5.67. The van der Waals surface area contributed by atoms with Crippen LogP contribution in [-0.4, -0.2) is 50.0 Å². The lowest BCUT2D eigenvalue weighted by molar-refractivity contribution is -0.141. The summed E-state index contributed by atoms with van der Waals surface area (Å²) in [6, 6.07) is 21.7. The number of nitrogens with zero attached hydrogens (tertiary/aromatic N) is 2. The summed E-state index contributed by atoms with van der Waals surface area (Å²) in [6.07, 6.45) is 1.84. The first-order chi connectivity index (χ1) is 19.4. The third-order valence-corrected chi connectivity index (χ3v) is 8.55. The van der Waals surface area contributed by atoms with E-state index < -0.39 is 16.1 Å². The highest BCUT2D eigenvalue weighted by molar-refractivity contribution is 7.92. The van der Waals surface area contributed by atoms with Crippen LogP contribution in [0.5, 0.6) is 0 Å². The van der Waals surface area contributed by atoms with Gasteiger partial charge >= 0.3 is 0 Å². The van der Waals surface area contributed by atoms with Crippen molar-refractivity contribution in [3.63, 3.8) is 0 Å². The van der Waals surface area contributed by atoms with Crippen LogP contribution in [0.25, 0.3) is 0 Å². The molecule has 2 amide bonds. The van der Waals surface area contributed by atoms with Crippen molar-refractivity contribution in [3.8, 4) is 0 Å². The van der Waals surface area contributed by atoms with E-state index in [0.717, 1.165) is 22.9 Å². The van der Waals surface area contributed by atoms with E-state index in [2.05, 4.69) is 5.32 Å². The van der Waals surface area contributed by atoms with Gasteiger partial charge in [-0.05, 0) is 68.5 Å².